The first-order valence-electron chi connectivity index (χ1n) is 12.9. The van der Waals surface area contributed by atoms with Crippen molar-refractivity contribution in [2.24, 2.45) is 11.8 Å². The molecular weight excluding hydrogens is 452 g/mol. The molecule has 1 fully saturated rings. The summed E-state index contributed by atoms with van der Waals surface area (Å²) in [5.74, 6) is 2.17. The van der Waals surface area contributed by atoms with Crippen LogP contribution in [0.5, 0.6) is 5.75 Å². The molecule has 5 rings (SSSR count). The molecule has 0 bridgehead atoms. The molecule has 1 aliphatic heterocycles. The number of fused-ring (bicyclic) bond motifs is 1. The van der Waals surface area contributed by atoms with Gasteiger partial charge < -0.3 is 19.4 Å². The molecule has 6 heteroatoms. The zero-order chi connectivity index (χ0) is 25.2. The van der Waals surface area contributed by atoms with Gasteiger partial charge in [0.2, 0.25) is 5.91 Å². The molecule has 2 amide bonds. The lowest BCUT2D eigenvalue weighted by molar-refractivity contribution is -0.134. The number of ether oxygens (including phenoxy) is 1. The van der Waals surface area contributed by atoms with Crippen LogP contribution < -0.4 is 10.1 Å². The maximum absolute atomic E-state index is 13.2. The Bertz CT molecular complexity index is 1240. The third-order valence-electron chi connectivity index (χ3n) is 6.89. The number of furan rings is 1. The molecule has 2 aromatic carbocycles. The van der Waals surface area contributed by atoms with E-state index in [4.69, 9.17) is 9.15 Å². The highest BCUT2D eigenvalue weighted by molar-refractivity contribution is 5.91. The van der Waals surface area contributed by atoms with Crippen molar-refractivity contribution in [3.8, 4) is 5.75 Å². The van der Waals surface area contributed by atoms with Gasteiger partial charge in [-0.1, -0.05) is 49.7 Å². The minimum absolute atomic E-state index is 0.120. The van der Waals surface area contributed by atoms with Crippen LogP contribution in [-0.4, -0.2) is 29.8 Å². The Balaban J connectivity index is 1.35. The van der Waals surface area contributed by atoms with Crippen molar-refractivity contribution in [2.45, 2.75) is 52.7 Å². The number of aryl methyl sites for hydroxylation is 1. The van der Waals surface area contributed by atoms with E-state index in [0.717, 1.165) is 36.9 Å². The van der Waals surface area contributed by atoms with E-state index in [2.05, 4.69) is 53.5 Å². The Morgan fingerprint density at radius 3 is 2.58 bits per heavy atom. The van der Waals surface area contributed by atoms with E-state index in [1.807, 2.05) is 19.9 Å². The fourth-order valence-corrected chi connectivity index (χ4v) is 4.71. The van der Waals surface area contributed by atoms with E-state index >= 15 is 0 Å². The summed E-state index contributed by atoms with van der Waals surface area (Å²) in [6.45, 7) is 7.72. The van der Waals surface area contributed by atoms with E-state index in [9.17, 15) is 9.59 Å². The number of carbonyl (C=O) groups excluding carboxylic acids is 2. The lowest BCUT2D eigenvalue weighted by atomic mass is 9.87. The molecule has 1 atom stereocenters. The molecule has 6 nitrogen and oxygen atoms in total. The molecule has 0 saturated heterocycles. The van der Waals surface area contributed by atoms with Gasteiger partial charge in [0.15, 0.2) is 5.76 Å². The maximum atomic E-state index is 13.2. The third kappa shape index (κ3) is 5.32. The summed E-state index contributed by atoms with van der Waals surface area (Å²) in [4.78, 5) is 27.5. The van der Waals surface area contributed by atoms with Crippen LogP contribution in [0.4, 0.5) is 0 Å². The van der Waals surface area contributed by atoms with Crippen LogP contribution in [0, 0.1) is 18.8 Å². The second kappa shape index (κ2) is 10.2. The molecule has 0 unspecified atom stereocenters. The first kappa shape index (κ1) is 24.2. The fourth-order valence-electron chi connectivity index (χ4n) is 4.71. The normalized spacial score (nSPS) is 17.1. The zero-order valence-electron chi connectivity index (χ0n) is 21.3. The highest BCUT2D eigenvalue weighted by Crippen LogP contribution is 2.41. The van der Waals surface area contributed by atoms with Crippen LogP contribution in [0.15, 0.2) is 59.0 Å². The second-order valence-corrected chi connectivity index (χ2v) is 10.4. The van der Waals surface area contributed by atoms with Gasteiger partial charge >= 0.3 is 0 Å². The maximum Gasteiger partial charge on any atom is 0.287 e. The van der Waals surface area contributed by atoms with Gasteiger partial charge in [0, 0.05) is 19.0 Å². The van der Waals surface area contributed by atoms with Gasteiger partial charge in [0.25, 0.3) is 5.91 Å². The standard InChI is InChI=1S/C30H34N2O4/c1-19(2)17-31-29(33)27-13-12-25(36-27)18-35-24-11-10-21-14-15-32(30(34)23-8-9-23)28(26(21)16-24)22-6-4-20(3)5-7-22/h4-7,10-13,16,19,23,28H,8-9,14-15,17-18H2,1-3H3,(H,31,33)/t28-/m0/s1. The van der Waals surface area contributed by atoms with Crippen LogP contribution >= 0.6 is 0 Å². The summed E-state index contributed by atoms with van der Waals surface area (Å²) in [7, 11) is 0. The largest absolute Gasteiger partial charge is 0.486 e. The van der Waals surface area contributed by atoms with Gasteiger partial charge in [-0.25, -0.2) is 0 Å². The van der Waals surface area contributed by atoms with E-state index in [1.165, 1.54) is 11.1 Å². The van der Waals surface area contributed by atoms with Crippen molar-refractivity contribution in [1.29, 1.82) is 0 Å². The number of carbonyl (C=O) groups is 2. The smallest absolute Gasteiger partial charge is 0.287 e. The van der Waals surface area contributed by atoms with Crippen LogP contribution in [0.25, 0.3) is 0 Å². The topological polar surface area (TPSA) is 71.8 Å². The highest BCUT2D eigenvalue weighted by atomic mass is 16.5. The SMILES string of the molecule is Cc1ccc([C@H]2c3cc(OCc4ccc(C(=O)NCC(C)C)o4)ccc3CCN2C(=O)C2CC2)cc1. The van der Waals surface area contributed by atoms with E-state index in [1.54, 1.807) is 12.1 Å². The molecule has 1 saturated carbocycles. The predicted molar refractivity (Wildman–Crippen MR) is 138 cm³/mol. The summed E-state index contributed by atoms with van der Waals surface area (Å²) >= 11 is 0. The molecule has 1 aliphatic carbocycles. The Morgan fingerprint density at radius 2 is 1.86 bits per heavy atom. The van der Waals surface area contributed by atoms with Gasteiger partial charge in [-0.15, -0.1) is 0 Å². The summed E-state index contributed by atoms with van der Waals surface area (Å²) < 4.78 is 11.8. The van der Waals surface area contributed by atoms with E-state index in [0.29, 0.717) is 24.0 Å². The van der Waals surface area contributed by atoms with Crippen LogP contribution in [0.1, 0.15) is 71.3 Å². The molecule has 3 aromatic rings. The highest BCUT2D eigenvalue weighted by Gasteiger charge is 2.39. The van der Waals surface area contributed by atoms with Crippen molar-refractivity contribution < 1.29 is 18.7 Å². The van der Waals surface area contributed by atoms with Crippen LogP contribution in [0.3, 0.4) is 0 Å². The lowest BCUT2D eigenvalue weighted by Crippen LogP contribution is -2.41. The Kier molecular flexibility index (Phi) is 6.86. The van der Waals surface area contributed by atoms with Crippen LogP contribution in [0.2, 0.25) is 0 Å². The van der Waals surface area contributed by atoms with Gasteiger partial charge in [-0.05, 0) is 73.1 Å². The minimum atomic E-state index is -0.218. The van der Waals surface area contributed by atoms with Gasteiger partial charge in [0.1, 0.15) is 18.1 Å². The molecule has 36 heavy (non-hydrogen) atoms. The van der Waals surface area contributed by atoms with Gasteiger partial charge in [-0.2, -0.15) is 0 Å². The number of nitrogens with one attached hydrogen (secondary N) is 1. The average molecular weight is 487 g/mol. The number of nitrogens with zero attached hydrogens (tertiary/aromatic N) is 1. The zero-order valence-corrected chi connectivity index (χ0v) is 21.3. The molecule has 1 N–H and O–H groups in total. The molecule has 188 valence electrons. The second-order valence-electron chi connectivity index (χ2n) is 10.4. The number of benzene rings is 2. The number of hydrogen-bond donors (Lipinski definition) is 1. The lowest BCUT2D eigenvalue weighted by Gasteiger charge is -2.38. The van der Waals surface area contributed by atoms with Gasteiger partial charge in [-0.3, -0.25) is 9.59 Å². The van der Waals surface area contributed by atoms with Crippen molar-refractivity contribution in [2.75, 3.05) is 13.1 Å². The molecule has 2 heterocycles. The summed E-state index contributed by atoms with van der Waals surface area (Å²) in [5, 5.41) is 2.86. The third-order valence-corrected chi connectivity index (χ3v) is 6.89. The molecular formula is C30H34N2O4. The van der Waals surface area contributed by atoms with Crippen LogP contribution in [-0.2, 0) is 17.8 Å². The van der Waals surface area contributed by atoms with Gasteiger partial charge in [0.05, 0.1) is 6.04 Å². The Hall–Kier alpha value is -3.54. The predicted octanol–water partition coefficient (Wildman–Crippen LogP) is 5.44. The summed E-state index contributed by atoms with van der Waals surface area (Å²) in [5.41, 5.74) is 4.68. The number of hydrogen-bond acceptors (Lipinski definition) is 4. The Morgan fingerprint density at radius 1 is 1.08 bits per heavy atom. The molecule has 2 aliphatic rings. The van der Waals surface area contributed by atoms with Crippen molar-refractivity contribution in [1.82, 2.24) is 10.2 Å². The quantitative estimate of drug-likeness (QED) is 0.460. The van der Waals surface area contributed by atoms with E-state index < -0.39 is 0 Å². The van der Waals surface area contributed by atoms with Crippen molar-refractivity contribution in [3.05, 3.63) is 88.4 Å². The first-order chi connectivity index (χ1) is 17.4. The van der Waals surface area contributed by atoms with Crippen molar-refractivity contribution in [3.63, 3.8) is 0 Å². The van der Waals surface area contributed by atoms with Crippen molar-refractivity contribution >= 4 is 11.8 Å². The minimum Gasteiger partial charge on any atom is -0.486 e. The average Bonchev–Trinajstić information content (AvgIpc) is 3.62. The number of rotatable bonds is 8. The molecule has 0 spiro atoms. The van der Waals surface area contributed by atoms with E-state index in [-0.39, 0.29) is 36.1 Å². The monoisotopic (exact) mass is 486 g/mol. The molecule has 1 aromatic heterocycles. The number of amides is 2. The first-order valence-corrected chi connectivity index (χ1v) is 12.9. The fraction of sp³-hybridized carbons (Fsp3) is 0.400. The summed E-state index contributed by atoms with van der Waals surface area (Å²) in [6.07, 6.45) is 2.82. The summed E-state index contributed by atoms with van der Waals surface area (Å²) in [6, 6.07) is 17.9. The molecule has 0 radical (unpaired) electrons. The Labute approximate surface area is 212 Å².